The maximum Gasteiger partial charge on any atom is 0.187 e. The Labute approximate surface area is 305 Å². The molecule has 5 rings (SSSR count). The molecule has 5 aliphatic heterocycles. The minimum atomic E-state index is -2.10. The lowest BCUT2D eigenvalue weighted by Gasteiger charge is -2.51. The molecule has 1 unspecified atom stereocenters. The fourth-order valence-electron chi connectivity index (χ4n) is 6.69. The number of hydrogen-bond donors (Lipinski definition) is 16. The van der Waals surface area contributed by atoms with Gasteiger partial charge in [0.1, 0.15) is 116 Å². The first-order valence-corrected chi connectivity index (χ1v) is 17.0. The predicted molar refractivity (Wildman–Crippen MR) is 161 cm³/mol. The smallest absolute Gasteiger partial charge is 0.187 e. The molecule has 5 aliphatic rings. The number of ether oxygens (including phenoxy) is 9. The van der Waals surface area contributed by atoms with Crippen molar-refractivity contribution in [2.45, 2.75) is 147 Å². The molecule has 0 aliphatic carbocycles. The molecule has 5 heterocycles. The molecule has 0 aromatic carbocycles. The van der Waals surface area contributed by atoms with Crippen LogP contribution in [0, 0.1) is 0 Å². The first-order chi connectivity index (χ1) is 25.6. The van der Waals surface area contributed by atoms with Gasteiger partial charge >= 0.3 is 0 Å². The Morgan fingerprint density at radius 2 is 0.796 bits per heavy atom. The van der Waals surface area contributed by atoms with E-state index in [4.69, 9.17) is 42.6 Å². The van der Waals surface area contributed by atoms with Gasteiger partial charge in [-0.05, 0) is 0 Å². The van der Waals surface area contributed by atoms with E-state index in [-0.39, 0.29) is 0 Å². The van der Waals surface area contributed by atoms with Crippen molar-refractivity contribution in [2.24, 2.45) is 0 Å². The lowest BCUT2D eigenvalue weighted by Crippen LogP contribution is -2.69. The Balaban J connectivity index is 1.52. The number of hydrogen-bond acceptors (Lipinski definition) is 25. The van der Waals surface area contributed by atoms with Crippen molar-refractivity contribution < 1.29 is 124 Å². The van der Waals surface area contributed by atoms with Crippen LogP contribution in [0.15, 0.2) is 0 Å². The molecule has 25 nitrogen and oxygen atoms in total. The molecule has 24 atom stereocenters. The summed E-state index contributed by atoms with van der Waals surface area (Å²) in [5, 5.41) is 166. The molecule has 316 valence electrons. The van der Waals surface area contributed by atoms with E-state index in [1.807, 2.05) is 0 Å². The van der Waals surface area contributed by atoms with Gasteiger partial charge in [-0.2, -0.15) is 0 Å². The second-order valence-corrected chi connectivity index (χ2v) is 13.5. The third kappa shape index (κ3) is 8.85. The van der Waals surface area contributed by atoms with Crippen LogP contribution in [0.2, 0.25) is 0 Å². The van der Waals surface area contributed by atoms with Crippen LogP contribution in [0.1, 0.15) is 0 Å². The highest BCUT2D eigenvalue weighted by Crippen LogP contribution is 2.37. The maximum atomic E-state index is 11.4. The van der Waals surface area contributed by atoms with Crippen LogP contribution in [0.4, 0.5) is 0 Å². The third-order valence-electron chi connectivity index (χ3n) is 9.93. The Bertz CT molecular complexity index is 1160. The summed E-state index contributed by atoms with van der Waals surface area (Å²) >= 11 is 0. The maximum absolute atomic E-state index is 11.4. The molecule has 0 amide bonds. The van der Waals surface area contributed by atoms with E-state index >= 15 is 0 Å². The van der Waals surface area contributed by atoms with E-state index in [9.17, 15) is 81.7 Å². The van der Waals surface area contributed by atoms with E-state index in [0.29, 0.717) is 0 Å². The van der Waals surface area contributed by atoms with Gasteiger partial charge in [-0.3, -0.25) is 0 Å². The highest BCUT2D eigenvalue weighted by Gasteiger charge is 2.57. The summed E-state index contributed by atoms with van der Waals surface area (Å²) < 4.78 is 50.7. The SMILES string of the molecule is OC[C@H]1O[C@@H](O[C@H]2[C@H](O[C@H]3[C@H](O[C@@H]4[C@H](O)[C@@H](O)C(O)O[C@@H]4CO)O[C@H](CO)[C@@H](O)[C@@H]3O[C@@H]3OC[C@@H](O)[C@H](O)[C@H]3O)O[C@H](CO)[C@@H](O)[C@@H]2O)[C@H](O)[C@@H](O)[C@@H]1O. The predicted octanol–water partition coefficient (Wildman–Crippen LogP) is -11.3. The Hall–Kier alpha value is -1.00. The van der Waals surface area contributed by atoms with Crippen LogP contribution in [0.25, 0.3) is 0 Å². The molecule has 0 aromatic rings. The molecule has 5 saturated heterocycles. The largest absolute Gasteiger partial charge is 0.394 e. The van der Waals surface area contributed by atoms with Crippen molar-refractivity contribution in [2.75, 3.05) is 33.0 Å². The molecule has 0 saturated carbocycles. The first kappa shape index (κ1) is 44.1. The quantitative estimate of drug-likeness (QED) is 0.0871. The molecular formula is C29H50O25. The Kier molecular flexibility index (Phi) is 15.3. The second kappa shape index (κ2) is 18.7. The van der Waals surface area contributed by atoms with Crippen LogP contribution in [0.5, 0.6) is 0 Å². The van der Waals surface area contributed by atoms with Crippen LogP contribution >= 0.6 is 0 Å². The summed E-state index contributed by atoms with van der Waals surface area (Å²) in [6, 6.07) is 0. The van der Waals surface area contributed by atoms with Crippen molar-refractivity contribution >= 4 is 0 Å². The number of rotatable bonds is 12. The zero-order valence-corrected chi connectivity index (χ0v) is 28.2. The highest BCUT2D eigenvalue weighted by atomic mass is 16.8. The van der Waals surface area contributed by atoms with Gasteiger partial charge in [0.2, 0.25) is 0 Å². The average molecular weight is 799 g/mol. The van der Waals surface area contributed by atoms with Gasteiger partial charge in [-0.15, -0.1) is 0 Å². The molecule has 16 N–H and O–H groups in total. The van der Waals surface area contributed by atoms with Gasteiger partial charge in [0, 0.05) is 0 Å². The molecule has 0 bridgehead atoms. The molecule has 0 spiro atoms. The second-order valence-electron chi connectivity index (χ2n) is 13.5. The standard InChI is InChI=1S/C29H50O25/c30-1-7-12(36)15(39)20(44)27(48-7)53-23-16(40)13(37)8(2-31)49-28(23)54-24-22(52-26-19(43)11(35)6(34)5-46-26)14(38)9(3-32)50-29(24)51-21-10(4-33)47-25(45)18(42)17(21)41/h6-45H,1-5H2/t6-,7-,8-,9-,10-,11+,12-,13-,14-,15+,16+,17-,18-,19-,20-,21+,22+,23-,24-,25?,26+,27+,28+,29+/m1/s1. The molecule has 54 heavy (non-hydrogen) atoms. The van der Waals surface area contributed by atoms with Gasteiger partial charge in [0.15, 0.2) is 31.5 Å². The fraction of sp³-hybridized carbons (Fsp3) is 1.00. The van der Waals surface area contributed by atoms with E-state index in [2.05, 4.69) is 0 Å². The molecular weight excluding hydrogens is 748 g/mol. The fourth-order valence-corrected chi connectivity index (χ4v) is 6.69. The van der Waals surface area contributed by atoms with E-state index in [1.165, 1.54) is 0 Å². The van der Waals surface area contributed by atoms with Gasteiger partial charge in [0.05, 0.1) is 33.0 Å². The summed E-state index contributed by atoms with van der Waals surface area (Å²) in [6.07, 6.45) is -45.5. The van der Waals surface area contributed by atoms with Gasteiger partial charge in [0.25, 0.3) is 0 Å². The molecule has 25 heteroatoms. The monoisotopic (exact) mass is 798 g/mol. The summed E-state index contributed by atoms with van der Waals surface area (Å²) in [4.78, 5) is 0. The van der Waals surface area contributed by atoms with Crippen molar-refractivity contribution in [3.63, 3.8) is 0 Å². The Morgan fingerprint density at radius 1 is 0.352 bits per heavy atom. The average Bonchev–Trinajstić information content (AvgIpc) is 3.16. The van der Waals surface area contributed by atoms with Gasteiger partial charge in [-0.1, -0.05) is 0 Å². The lowest BCUT2D eigenvalue weighted by molar-refractivity contribution is -0.413. The molecule has 0 radical (unpaired) electrons. The normalized spacial score (nSPS) is 53.3. The van der Waals surface area contributed by atoms with Crippen LogP contribution < -0.4 is 0 Å². The van der Waals surface area contributed by atoms with Crippen molar-refractivity contribution in [3.8, 4) is 0 Å². The summed E-state index contributed by atoms with van der Waals surface area (Å²) in [6.45, 7) is -4.35. The summed E-state index contributed by atoms with van der Waals surface area (Å²) in [5.41, 5.74) is 0. The van der Waals surface area contributed by atoms with Crippen molar-refractivity contribution in [3.05, 3.63) is 0 Å². The first-order valence-electron chi connectivity index (χ1n) is 17.0. The van der Waals surface area contributed by atoms with E-state index < -0.39 is 180 Å². The zero-order chi connectivity index (χ0) is 39.8. The topological polar surface area (TPSA) is 407 Å². The van der Waals surface area contributed by atoms with Crippen LogP contribution in [0.3, 0.4) is 0 Å². The molecule has 5 fully saturated rings. The van der Waals surface area contributed by atoms with Gasteiger partial charge in [-0.25, -0.2) is 0 Å². The highest BCUT2D eigenvalue weighted by molar-refractivity contribution is 4.99. The lowest BCUT2D eigenvalue weighted by atomic mass is 9.95. The summed E-state index contributed by atoms with van der Waals surface area (Å²) in [5.74, 6) is 0. The minimum Gasteiger partial charge on any atom is -0.394 e. The van der Waals surface area contributed by atoms with Crippen molar-refractivity contribution in [1.82, 2.24) is 0 Å². The molecule has 0 aromatic heterocycles. The third-order valence-corrected chi connectivity index (χ3v) is 9.93. The number of aliphatic hydroxyl groups excluding tert-OH is 16. The van der Waals surface area contributed by atoms with Crippen LogP contribution in [-0.4, -0.2) is 262 Å². The summed E-state index contributed by atoms with van der Waals surface area (Å²) in [7, 11) is 0. The Morgan fingerprint density at radius 3 is 1.39 bits per heavy atom. The van der Waals surface area contributed by atoms with Crippen molar-refractivity contribution in [1.29, 1.82) is 0 Å². The van der Waals surface area contributed by atoms with E-state index in [0.717, 1.165) is 0 Å². The number of aliphatic hydroxyl groups is 16. The van der Waals surface area contributed by atoms with E-state index in [1.54, 1.807) is 0 Å². The van der Waals surface area contributed by atoms with Crippen LogP contribution in [-0.2, 0) is 42.6 Å². The zero-order valence-electron chi connectivity index (χ0n) is 28.2. The minimum absolute atomic E-state index is 0.593. The van der Waals surface area contributed by atoms with Gasteiger partial charge < -0.3 is 124 Å².